The van der Waals surface area contributed by atoms with Gasteiger partial charge in [0.25, 0.3) is 0 Å². The van der Waals surface area contributed by atoms with Crippen molar-refractivity contribution in [1.82, 2.24) is 37.2 Å². The molecule has 438 valence electrons. The second-order valence-corrected chi connectivity index (χ2v) is 18.4. The molecule has 1 rings (SSSR count). The van der Waals surface area contributed by atoms with Gasteiger partial charge in [0.1, 0.15) is 36.8 Å². The maximum absolute atomic E-state index is 14.0. The quantitative estimate of drug-likeness (QED) is 0.0251. The summed E-state index contributed by atoms with van der Waals surface area (Å²) in [5.74, 6) is -17.8. The monoisotopic (exact) mass is 1120 g/mol. The number of benzene rings is 1. The standard InChI is InChI=1S/C50H72N8O21/c1-27(59)26-79-23-22-52-46(74)38(24-30-7-9-31(10-8-30)28(2)60)58-50(78)37(15-20-44(71)72)57-49(77)36(14-19-43(69)70)56-48(76)35(13-18-42(67)68)55-45(73)32(11-16-40(63)64)25-39(62)33(12-17-41(65)66)54-47(75)34(53-29(3)61)6-4-5-21-51/h7-10,32-38H,4-6,11-26,51H2,1-3H3,(H,52,74)(H,53,61)(H,54,75)(H,55,73)(H,56,76)(H,57,77)(H,58,78)(H,63,64)(H,65,66)(H,67,68)(H,69,70)(H,71,72)/t32-,33+,34+,35+,36+,37+,38-/m0/s1. The van der Waals surface area contributed by atoms with E-state index < -0.39 is 190 Å². The average molecular weight is 1120 g/mol. The molecular formula is C50H72N8O21. The van der Waals surface area contributed by atoms with Crippen molar-refractivity contribution in [2.45, 2.75) is 153 Å². The minimum atomic E-state index is -1.93. The molecule has 29 heteroatoms. The zero-order chi connectivity index (χ0) is 59.8. The zero-order valence-corrected chi connectivity index (χ0v) is 44.1. The SMILES string of the molecule is CC(=O)COCCNC(=O)[C@H](Cc1ccc(C(C)=O)cc1)NC(=O)[C@@H](CCC(=O)O)NC(=O)[C@@H](CCC(=O)O)NC(=O)[C@@H](CCC(=O)O)NC(=O)[C@@H](CCC(=O)O)CC(=O)[C@@H](CCC(=O)O)NC(=O)[C@@H](CCCCN)NC(C)=O. The molecule has 14 N–H and O–H groups in total. The Labute approximate surface area is 453 Å². The minimum Gasteiger partial charge on any atom is -0.481 e. The van der Waals surface area contributed by atoms with Crippen LogP contribution in [0.5, 0.6) is 0 Å². The predicted octanol–water partition coefficient (Wildman–Crippen LogP) is -1.89. The van der Waals surface area contributed by atoms with Gasteiger partial charge in [0, 0.05) is 69.9 Å². The fourth-order valence-corrected chi connectivity index (χ4v) is 7.49. The van der Waals surface area contributed by atoms with Crippen molar-refractivity contribution in [3.63, 3.8) is 0 Å². The molecule has 0 fully saturated rings. The summed E-state index contributed by atoms with van der Waals surface area (Å²) < 4.78 is 5.17. The molecule has 1 aromatic rings. The van der Waals surface area contributed by atoms with Crippen LogP contribution in [0.25, 0.3) is 0 Å². The van der Waals surface area contributed by atoms with Crippen LogP contribution >= 0.6 is 0 Å². The number of nitrogens with two attached hydrogens (primary N) is 1. The van der Waals surface area contributed by atoms with Gasteiger partial charge in [-0.25, -0.2) is 0 Å². The van der Waals surface area contributed by atoms with Gasteiger partial charge in [0.15, 0.2) is 17.3 Å². The molecule has 0 unspecified atom stereocenters. The molecule has 7 amide bonds. The van der Waals surface area contributed by atoms with Crippen molar-refractivity contribution in [2.75, 3.05) is 26.3 Å². The predicted molar refractivity (Wildman–Crippen MR) is 272 cm³/mol. The summed E-state index contributed by atoms with van der Waals surface area (Å²) in [7, 11) is 0. The summed E-state index contributed by atoms with van der Waals surface area (Å²) in [6.07, 6.45) is -7.39. The highest BCUT2D eigenvalue weighted by atomic mass is 16.5. The van der Waals surface area contributed by atoms with Gasteiger partial charge in [-0.1, -0.05) is 24.3 Å². The number of amides is 7. The number of hydrogen-bond acceptors (Lipinski definition) is 17. The van der Waals surface area contributed by atoms with E-state index in [1.165, 1.54) is 38.1 Å². The van der Waals surface area contributed by atoms with Crippen LogP contribution in [0.15, 0.2) is 24.3 Å². The van der Waals surface area contributed by atoms with E-state index in [0.717, 1.165) is 6.92 Å². The van der Waals surface area contributed by atoms with Gasteiger partial charge >= 0.3 is 29.8 Å². The zero-order valence-electron chi connectivity index (χ0n) is 44.1. The van der Waals surface area contributed by atoms with Crippen molar-refractivity contribution in [3.05, 3.63) is 35.4 Å². The van der Waals surface area contributed by atoms with Crippen LogP contribution in [0, 0.1) is 5.92 Å². The Morgan fingerprint density at radius 1 is 0.481 bits per heavy atom. The lowest BCUT2D eigenvalue weighted by Crippen LogP contribution is -2.59. The molecular weight excluding hydrogens is 1050 g/mol. The number of carbonyl (C=O) groups excluding carboxylic acids is 10. The van der Waals surface area contributed by atoms with E-state index in [-0.39, 0.29) is 50.7 Å². The first kappa shape index (κ1) is 68.8. The summed E-state index contributed by atoms with van der Waals surface area (Å²) in [5, 5.41) is 64.1. The molecule has 0 bridgehead atoms. The van der Waals surface area contributed by atoms with Crippen molar-refractivity contribution in [1.29, 1.82) is 0 Å². The van der Waals surface area contributed by atoms with E-state index >= 15 is 0 Å². The van der Waals surface area contributed by atoms with Gasteiger partial charge in [-0.15, -0.1) is 0 Å². The number of unbranched alkanes of at least 4 members (excludes halogenated alkanes) is 1. The highest BCUT2D eigenvalue weighted by Gasteiger charge is 2.35. The number of aliphatic carboxylic acids is 5. The van der Waals surface area contributed by atoms with Crippen LogP contribution in [0.4, 0.5) is 0 Å². The Morgan fingerprint density at radius 3 is 1.30 bits per heavy atom. The van der Waals surface area contributed by atoms with Crippen LogP contribution in [0.1, 0.15) is 127 Å². The Kier molecular flexibility index (Phi) is 32.0. The fourth-order valence-electron chi connectivity index (χ4n) is 7.49. The van der Waals surface area contributed by atoms with Crippen LogP contribution in [-0.4, -0.2) is 177 Å². The fraction of sp³-hybridized carbons (Fsp3) is 0.580. The minimum absolute atomic E-state index is 0.0653. The first-order chi connectivity index (χ1) is 37.1. The summed E-state index contributed by atoms with van der Waals surface area (Å²) in [6.45, 7) is 3.46. The molecule has 29 nitrogen and oxygen atoms in total. The van der Waals surface area contributed by atoms with Gasteiger partial charge in [-0.05, 0) is 77.3 Å². The maximum atomic E-state index is 14.0. The number of rotatable bonds is 42. The van der Waals surface area contributed by atoms with Crippen molar-refractivity contribution in [3.8, 4) is 0 Å². The van der Waals surface area contributed by atoms with Gasteiger partial charge in [-0.3, -0.25) is 71.9 Å². The summed E-state index contributed by atoms with van der Waals surface area (Å²) in [4.78, 5) is 190. The van der Waals surface area contributed by atoms with Gasteiger partial charge < -0.3 is 73.2 Å². The molecule has 7 atom stereocenters. The van der Waals surface area contributed by atoms with Gasteiger partial charge in [-0.2, -0.15) is 0 Å². The first-order valence-electron chi connectivity index (χ1n) is 25.2. The van der Waals surface area contributed by atoms with E-state index in [9.17, 15) is 97.5 Å². The van der Waals surface area contributed by atoms with Gasteiger partial charge in [0.2, 0.25) is 41.4 Å². The Balaban J connectivity index is 3.63. The van der Waals surface area contributed by atoms with E-state index in [1.54, 1.807) is 0 Å². The van der Waals surface area contributed by atoms with Crippen LogP contribution in [0.2, 0.25) is 0 Å². The summed E-state index contributed by atoms with van der Waals surface area (Å²) in [5.41, 5.74) is 6.29. The number of carboxylic acids is 5. The van der Waals surface area contributed by atoms with E-state index in [2.05, 4.69) is 37.2 Å². The average Bonchev–Trinajstić information content (AvgIpc) is 3.36. The first-order valence-corrected chi connectivity index (χ1v) is 25.2. The summed E-state index contributed by atoms with van der Waals surface area (Å²) in [6, 6.07) is -3.99. The van der Waals surface area contributed by atoms with Crippen LogP contribution in [0.3, 0.4) is 0 Å². The number of Topliss-reactive ketones (excluding diaryl/α,β-unsaturated/α-hetero) is 3. The van der Waals surface area contributed by atoms with E-state index in [4.69, 9.17) is 10.5 Å². The highest BCUT2D eigenvalue weighted by molar-refractivity contribution is 5.98. The number of carboxylic acid groups (broad SMARTS) is 5. The maximum Gasteiger partial charge on any atom is 0.303 e. The van der Waals surface area contributed by atoms with E-state index in [0.29, 0.717) is 24.0 Å². The third kappa shape index (κ3) is 29.8. The van der Waals surface area contributed by atoms with Crippen LogP contribution < -0.4 is 43.0 Å². The third-order valence-corrected chi connectivity index (χ3v) is 11.6. The normalized spacial score (nSPS) is 13.5. The lowest BCUT2D eigenvalue weighted by atomic mass is 9.91. The molecule has 0 saturated carbocycles. The largest absolute Gasteiger partial charge is 0.481 e. The smallest absolute Gasteiger partial charge is 0.303 e. The number of ketones is 3. The van der Waals surface area contributed by atoms with Crippen molar-refractivity contribution >= 4 is 88.5 Å². The second-order valence-electron chi connectivity index (χ2n) is 18.4. The second kappa shape index (κ2) is 36.8. The molecule has 0 radical (unpaired) electrons. The van der Waals surface area contributed by atoms with Crippen molar-refractivity contribution < 1.29 is 102 Å². The molecule has 0 aromatic heterocycles. The molecule has 79 heavy (non-hydrogen) atoms. The molecule has 0 saturated heterocycles. The van der Waals surface area contributed by atoms with Crippen LogP contribution in [-0.2, 0) is 78.3 Å². The Hall–Kier alpha value is -8.21. The molecule has 0 aliphatic carbocycles. The molecule has 0 aliphatic rings. The summed E-state index contributed by atoms with van der Waals surface area (Å²) >= 11 is 0. The molecule has 1 aromatic carbocycles. The van der Waals surface area contributed by atoms with E-state index in [1.807, 2.05) is 0 Å². The lowest BCUT2D eigenvalue weighted by molar-refractivity contribution is -0.141. The molecule has 0 heterocycles. The Bertz CT molecular complexity index is 2340. The molecule has 0 aliphatic heterocycles. The lowest BCUT2D eigenvalue weighted by Gasteiger charge is -2.27. The number of ether oxygens (including phenoxy) is 1. The Morgan fingerprint density at radius 2 is 0.886 bits per heavy atom. The number of nitrogens with one attached hydrogen (secondary N) is 7. The number of hydrogen-bond donors (Lipinski definition) is 13. The third-order valence-electron chi connectivity index (χ3n) is 11.6. The topological polar surface area (TPSA) is 477 Å². The number of carbonyl (C=O) groups is 15. The van der Waals surface area contributed by atoms with Crippen molar-refractivity contribution in [2.24, 2.45) is 11.7 Å². The van der Waals surface area contributed by atoms with Gasteiger partial charge in [0.05, 0.1) is 12.6 Å². The highest BCUT2D eigenvalue weighted by Crippen LogP contribution is 2.18. The molecule has 0 spiro atoms.